The molecule has 2 atom stereocenters. The van der Waals surface area contributed by atoms with Crippen LogP contribution in [0.4, 0.5) is 0 Å². The number of carbonyl (C=O) groups excluding carboxylic acids is 2. The van der Waals surface area contributed by atoms with E-state index in [-0.39, 0.29) is 5.17 Å². The fourth-order valence-electron chi connectivity index (χ4n) is 5.55. The van der Waals surface area contributed by atoms with Crippen molar-refractivity contribution in [3.8, 4) is 0 Å². The molecule has 2 aromatic heterocycles. The van der Waals surface area contributed by atoms with Crippen LogP contribution in [0.1, 0.15) is 42.2 Å². The topological polar surface area (TPSA) is 140 Å². The number of nitrogens with zero attached hydrogens (tertiary/aromatic N) is 3. The number of carbonyl (C=O) groups is 2. The number of nitrogens with two attached hydrogens (primary N) is 1. The summed E-state index contributed by atoms with van der Waals surface area (Å²) < 4.78 is 33.0. The number of fused-ring (bicyclic) bond motifs is 2. The molecule has 5 rings (SSSR count). The van der Waals surface area contributed by atoms with Crippen molar-refractivity contribution in [1.82, 2.24) is 14.2 Å². The molecule has 40 heavy (non-hydrogen) atoms. The molecule has 3 N–H and O–H groups in total. The summed E-state index contributed by atoms with van der Waals surface area (Å²) in [5.74, 6) is -2.58. The monoisotopic (exact) mass is 581 g/mol. The summed E-state index contributed by atoms with van der Waals surface area (Å²) in [5, 5.41) is 9.52. The number of hydroxylamine groups is 2. The van der Waals surface area contributed by atoms with Gasteiger partial charge in [0.2, 0.25) is 0 Å². The van der Waals surface area contributed by atoms with Crippen LogP contribution in [0.5, 0.6) is 0 Å². The van der Waals surface area contributed by atoms with Crippen molar-refractivity contribution in [3.05, 3.63) is 72.1 Å². The van der Waals surface area contributed by atoms with Crippen molar-refractivity contribution in [2.45, 2.75) is 37.6 Å². The van der Waals surface area contributed by atoms with Crippen molar-refractivity contribution < 1.29 is 22.3 Å². The molecule has 0 radical (unpaired) electrons. The highest BCUT2D eigenvalue weighted by Crippen LogP contribution is 2.46. The first-order chi connectivity index (χ1) is 19.1. The number of amidine groups is 1. The van der Waals surface area contributed by atoms with E-state index in [9.17, 15) is 18.0 Å². The van der Waals surface area contributed by atoms with Crippen molar-refractivity contribution in [1.29, 1.82) is 5.41 Å². The molecule has 12 heteroatoms. The molecule has 1 aliphatic heterocycles. The molecular weight excluding hydrogens is 550 g/mol. The second kappa shape index (κ2) is 11.1. The predicted octanol–water partition coefficient (Wildman–Crippen LogP) is 4.06. The van der Waals surface area contributed by atoms with Crippen LogP contribution >= 0.6 is 11.8 Å². The maximum atomic E-state index is 13.8. The van der Waals surface area contributed by atoms with Crippen LogP contribution in [0.15, 0.2) is 60.9 Å². The van der Waals surface area contributed by atoms with E-state index in [0.29, 0.717) is 22.7 Å². The summed E-state index contributed by atoms with van der Waals surface area (Å²) in [4.78, 5) is 27.6. The third-order valence-corrected chi connectivity index (χ3v) is 8.42. The van der Waals surface area contributed by atoms with Crippen molar-refractivity contribution in [2.24, 2.45) is 12.8 Å². The third-order valence-electron chi connectivity index (χ3n) is 7.19. The summed E-state index contributed by atoms with van der Waals surface area (Å²) in [6.45, 7) is 0.697. The summed E-state index contributed by atoms with van der Waals surface area (Å²) in [7, 11) is -2.26. The minimum absolute atomic E-state index is 0.117. The molecule has 10 nitrogen and oxygen atoms in total. The highest BCUT2D eigenvalue weighted by molar-refractivity contribution is 8.13. The molecule has 2 unspecified atom stereocenters. The van der Waals surface area contributed by atoms with Gasteiger partial charge in [0, 0.05) is 53.5 Å². The molecule has 210 valence electrons. The smallest absolute Gasteiger partial charge is 0.285 e. The van der Waals surface area contributed by atoms with Gasteiger partial charge in [-0.1, -0.05) is 54.6 Å². The molecule has 0 saturated carbocycles. The molecule has 1 fully saturated rings. The SMILES string of the molecule is Cn1cc(C2C(=O)N(OS(C)(=O)=O)C(=O)C2c2cn(CCCCCSC(=N)N)c3ccccc23)c2ccccc21. The summed E-state index contributed by atoms with van der Waals surface area (Å²) >= 11 is 1.33. The number of imide groups is 1. The van der Waals surface area contributed by atoms with Gasteiger partial charge in [-0.05, 0) is 36.1 Å². The Kier molecular flexibility index (Phi) is 7.76. The lowest BCUT2D eigenvalue weighted by Crippen LogP contribution is -2.33. The van der Waals surface area contributed by atoms with Gasteiger partial charge in [0.1, 0.15) is 0 Å². The molecule has 0 aliphatic carbocycles. The zero-order valence-corrected chi connectivity index (χ0v) is 23.9. The summed E-state index contributed by atoms with van der Waals surface area (Å²) in [5.41, 5.74) is 8.53. The summed E-state index contributed by atoms with van der Waals surface area (Å²) in [6.07, 6.45) is 7.30. The molecule has 2 aromatic carbocycles. The number of aromatic nitrogens is 2. The normalized spacial score (nSPS) is 17.9. The Morgan fingerprint density at radius 1 is 0.925 bits per heavy atom. The highest BCUT2D eigenvalue weighted by Gasteiger charge is 2.53. The Balaban J connectivity index is 1.56. The van der Waals surface area contributed by atoms with Crippen LogP contribution in [-0.2, 0) is 37.6 Å². The maximum Gasteiger partial charge on any atom is 0.285 e. The van der Waals surface area contributed by atoms with Gasteiger partial charge in [-0.25, -0.2) is 0 Å². The van der Waals surface area contributed by atoms with Gasteiger partial charge in [-0.3, -0.25) is 15.0 Å². The van der Waals surface area contributed by atoms with Gasteiger partial charge in [0.25, 0.3) is 21.9 Å². The van der Waals surface area contributed by atoms with Gasteiger partial charge < -0.3 is 14.9 Å². The van der Waals surface area contributed by atoms with Crippen LogP contribution in [0.3, 0.4) is 0 Å². The number of nitrogens with one attached hydrogen (secondary N) is 1. The van der Waals surface area contributed by atoms with Crippen LogP contribution in [-0.4, -0.2) is 51.6 Å². The lowest BCUT2D eigenvalue weighted by Gasteiger charge is -2.14. The number of benzene rings is 2. The zero-order chi connectivity index (χ0) is 28.6. The van der Waals surface area contributed by atoms with E-state index in [1.165, 1.54) is 11.8 Å². The number of rotatable bonds is 10. The van der Waals surface area contributed by atoms with E-state index in [4.69, 9.17) is 15.4 Å². The first-order valence-corrected chi connectivity index (χ1v) is 15.7. The van der Waals surface area contributed by atoms with Crippen LogP contribution in [0, 0.1) is 5.41 Å². The number of hydrogen-bond acceptors (Lipinski definition) is 7. The Morgan fingerprint density at radius 3 is 2.12 bits per heavy atom. The fourth-order valence-corrected chi connectivity index (χ4v) is 6.54. The minimum Gasteiger partial charge on any atom is -0.379 e. The van der Waals surface area contributed by atoms with Gasteiger partial charge in [-0.2, -0.15) is 8.42 Å². The Morgan fingerprint density at radius 2 is 1.50 bits per heavy atom. The Hall–Kier alpha value is -3.61. The Bertz CT molecular complexity index is 1730. The fraction of sp³-hybridized carbons (Fsp3) is 0.321. The van der Waals surface area contributed by atoms with Crippen molar-refractivity contribution in [2.75, 3.05) is 12.0 Å². The lowest BCUT2D eigenvalue weighted by atomic mass is 9.83. The van der Waals surface area contributed by atoms with Gasteiger partial charge >= 0.3 is 0 Å². The molecule has 0 spiro atoms. The van der Waals surface area contributed by atoms with Gasteiger partial charge in [0.15, 0.2) is 5.17 Å². The van der Waals surface area contributed by atoms with E-state index < -0.39 is 33.8 Å². The number of unbranched alkanes of at least 4 members (excludes halogenated alkanes) is 2. The average molecular weight is 582 g/mol. The number of hydrogen-bond donors (Lipinski definition) is 2. The summed E-state index contributed by atoms with van der Waals surface area (Å²) in [6, 6.07) is 15.3. The molecule has 0 bridgehead atoms. The van der Waals surface area contributed by atoms with E-state index in [2.05, 4.69) is 4.57 Å². The second-order valence-electron chi connectivity index (χ2n) is 9.99. The number of para-hydroxylation sites is 2. The van der Waals surface area contributed by atoms with Crippen LogP contribution in [0.25, 0.3) is 21.8 Å². The molecular formula is C28H31N5O5S2. The number of thioether (sulfide) groups is 1. The van der Waals surface area contributed by atoms with Gasteiger partial charge in [0.05, 0.1) is 18.1 Å². The largest absolute Gasteiger partial charge is 0.379 e. The zero-order valence-electron chi connectivity index (χ0n) is 22.2. The van der Waals surface area contributed by atoms with Crippen LogP contribution in [0.2, 0.25) is 0 Å². The molecule has 4 aromatic rings. The van der Waals surface area contributed by atoms with Crippen molar-refractivity contribution >= 4 is 60.7 Å². The molecule has 3 heterocycles. The number of amides is 2. The molecule has 1 saturated heterocycles. The average Bonchev–Trinajstić information content (AvgIpc) is 3.51. The first-order valence-electron chi connectivity index (χ1n) is 12.9. The van der Waals surface area contributed by atoms with Gasteiger partial charge in [-0.15, -0.1) is 9.35 Å². The molecule has 1 aliphatic rings. The quantitative estimate of drug-likeness (QED) is 0.125. The van der Waals surface area contributed by atoms with Crippen molar-refractivity contribution in [3.63, 3.8) is 0 Å². The Labute approximate surface area is 236 Å². The first kappa shape index (κ1) is 27.9. The van der Waals surface area contributed by atoms with E-state index in [1.54, 1.807) is 0 Å². The van der Waals surface area contributed by atoms with E-state index >= 15 is 0 Å². The number of aryl methyl sites for hydroxylation is 2. The molecule has 2 amide bonds. The predicted molar refractivity (Wildman–Crippen MR) is 156 cm³/mol. The third kappa shape index (κ3) is 5.38. The standard InChI is InChI=1S/C28H31N5O5S2/c1-31-16-20(18-10-4-6-12-22(18)31)24-25(27(35)33(26(24)34)38-40(2,36)37)21-17-32(23-13-7-5-11-19(21)23)14-8-3-9-15-39-28(29)30/h4-7,10-13,16-17,24-25H,3,8-9,14-15H2,1-2H3,(H3,29,30). The lowest BCUT2D eigenvalue weighted by molar-refractivity contribution is -0.164. The maximum absolute atomic E-state index is 13.8. The highest BCUT2D eigenvalue weighted by atomic mass is 32.2. The van der Waals surface area contributed by atoms with E-state index in [0.717, 1.165) is 53.1 Å². The minimum atomic E-state index is -4.13. The second-order valence-corrected chi connectivity index (χ2v) is 12.7. The van der Waals surface area contributed by atoms with E-state index in [1.807, 2.05) is 72.5 Å². The van der Waals surface area contributed by atoms with Crippen LogP contribution < -0.4 is 5.73 Å².